The zero-order chi connectivity index (χ0) is 25.2. The molecule has 0 fully saturated rings. The second-order valence-corrected chi connectivity index (χ2v) is 9.27. The number of halogens is 1. The highest BCUT2D eigenvalue weighted by molar-refractivity contribution is 5.86. The minimum absolute atomic E-state index is 0.279. The van der Waals surface area contributed by atoms with E-state index in [1.807, 2.05) is 42.5 Å². The summed E-state index contributed by atoms with van der Waals surface area (Å²) in [5.41, 5.74) is 5.80. The van der Waals surface area contributed by atoms with E-state index in [4.69, 9.17) is 0 Å². The summed E-state index contributed by atoms with van der Waals surface area (Å²) in [6.45, 7) is 4.38. The number of hydrogen-bond acceptors (Lipinski definition) is 0. The lowest BCUT2D eigenvalue weighted by molar-refractivity contribution is 0.632. The molecule has 1 heteroatoms. The Morgan fingerprint density at radius 1 is 0.583 bits per heavy atom. The Morgan fingerprint density at radius 2 is 1.19 bits per heavy atom. The maximum Gasteiger partial charge on any atom is 0.146 e. The first-order chi connectivity index (χ1) is 17.7. The van der Waals surface area contributed by atoms with Gasteiger partial charge in [-0.3, -0.25) is 0 Å². The lowest BCUT2D eigenvalue weighted by Crippen LogP contribution is -1.88. The maximum atomic E-state index is 15.2. The summed E-state index contributed by atoms with van der Waals surface area (Å²) in [5, 5.41) is 1.40. The Morgan fingerprint density at radius 3 is 1.89 bits per heavy atom. The summed E-state index contributed by atoms with van der Waals surface area (Å²) in [6.07, 6.45) is 8.55. The van der Waals surface area contributed by atoms with E-state index in [2.05, 4.69) is 61.8 Å². The molecular weight excluding hydrogens is 439 g/mol. The van der Waals surface area contributed by atoms with Crippen LogP contribution in [-0.4, -0.2) is 0 Å². The molecule has 36 heavy (non-hydrogen) atoms. The van der Waals surface area contributed by atoms with Crippen molar-refractivity contribution in [1.29, 1.82) is 0 Å². The number of benzene rings is 4. The van der Waals surface area contributed by atoms with Gasteiger partial charge in [0, 0.05) is 22.1 Å². The second kappa shape index (κ2) is 12.8. The highest BCUT2D eigenvalue weighted by Gasteiger charge is 2.06. The summed E-state index contributed by atoms with van der Waals surface area (Å²) in [7, 11) is 0. The van der Waals surface area contributed by atoms with Crippen LogP contribution in [0.4, 0.5) is 4.39 Å². The summed E-state index contributed by atoms with van der Waals surface area (Å²) >= 11 is 0. The Balaban J connectivity index is 1.44. The van der Waals surface area contributed by atoms with Crippen molar-refractivity contribution < 1.29 is 4.39 Å². The largest absolute Gasteiger partial charge is 0.205 e. The average molecular weight is 473 g/mol. The smallest absolute Gasteiger partial charge is 0.146 e. The van der Waals surface area contributed by atoms with Crippen molar-refractivity contribution in [3.63, 3.8) is 0 Å². The monoisotopic (exact) mass is 472 g/mol. The molecule has 0 saturated carbocycles. The zero-order valence-electron chi connectivity index (χ0n) is 21.3. The SMILES string of the molecule is CCCCCCCc1ccc(C#Cc2ccc3cc(C#Cc4ccc(CC)cc4)ccc3c2F)cc1. The van der Waals surface area contributed by atoms with Crippen molar-refractivity contribution >= 4 is 10.8 Å². The van der Waals surface area contributed by atoms with Crippen LogP contribution in [0.3, 0.4) is 0 Å². The van der Waals surface area contributed by atoms with E-state index in [1.165, 1.54) is 43.2 Å². The van der Waals surface area contributed by atoms with Crippen LogP contribution in [0.15, 0.2) is 78.9 Å². The standard InChI is InChI=1S/C35H33F/c1-3-5-6-7-8-9-28-14-16-30(17-15-28)20-22-32-23-24-33-26-31(21-25-34(33)35(32)36)19-18-29-12-10-27(4-2)11-13-29/h10-17,21,23-26H,3-9H2,1-2H3. The van der Waals surface area contributed by atoms with E-state index in [0.717, 1.165) is 34.9 Å². The fraction of sp³-hybridized carbons (Fsp3) is 0.257. The van der Waals surface area contributed by atoms with Gasteiger partial charge >= 0.3 is 0 Å². The van der Waals surface area contributed by atoms with Crippen molar-refractivity contribution in [2.45, 2.75) is 58.8 Å². The Hall–Kier alpha value is -3.81. The number of rotatable bonds is 7. The number of aryl methyl sites for hydroxylation is 2. The fourth-order valence-electron chi connectivity index (χ4n) is 4.26. The topological polar surface area (TPSA) is 0 Å². The summed E-state index contributed by atoms with van der Waals surface area (Å²) in [4.78, 5) is 0. The molecule has 0 N–H and O–H groups in total. The van der Waals surface area contributed by atoms with Crippen molar-refractivity contribution in [2.24, 2.45) is 0 Å². The molecule has 0 radical (unpaired) electrons. The molecular formula is C35H33F. The van der Waals surface area contributed by atoms with E-state index < -0.39 is 0 Å². The normalized spacial score (nSPS) is 10.4. The van der Waals surface area contributed by atoms with E-state index in [9.17, 15) is 0 Å². The molecule has 0 nitrogen and oxygen atoms in total. The quantitative estimate of drug-likeness (QED) is 0.186. The highest BCUT2D eigenvalue weighted by Crippen LogP contribution is 2.22. The molecule has 0 aliphatic rings. The zero-order valence-corrected chi connectivity index (χ0v) is 21.3. The Kier molecular flexibility index (Phi) is 8.97. The van der Waals surface area contributed by atoms with Crippen LogP contribution >= 0.6 is 0 Å². The molecule has 0 bridgehead atoms. The molecule has 4 aromatic carbocycles. The third-order valence-electron chi connectivity index (χ3n) is 6.53. The first kappa shape index (κ1) is 25.3. The molecule has 0 unspecified atom stereocenters. The van der Waals surface area contributed by atoms with E-state index >= 15 is 4.39 Å². The molecule has 0 aromatic heterocycles. The van der Waals surface area contributed by atoms with Gasteiger partial charge in [0.2, 0.25) is 0 Å². The van der Waals surface area contributed by atoms with Crippen LogP contribution in [-0.2, 0) is 12.8 Å². The van der Waals surface area contributed by atoms with Gasteiger partial charge in [-0.05, 0) is 78.2 Å². The molecule has 0 aliphatic carbocycles. The Bertz CT molecular complexity index is 1420. The van der Waals surface area contributed by atoms with E-state index in [-0.39, 0.29) is 5.82 Å². The molecule has 0 amide bonds. The van der Waals surface area contributed by atoms with Crippen molar-refractivity contribution in [1.82, 2.24) is 0 Å². The third kappa shape index (κ3) is 6.87. The summed E-state index contributed by atoms with van der Waals surface area (Å²) < 4.78 is 15.2. The predicted octanol–water partition coefficient (Wildman–Crippen LogP) is 8.85. The van der Waals surface area contributed by atoms with Crippen LogP contribution in [0, 0.1) is 29.5 Å². The number of hydrogen-bond donors (Lipinski definition) is 0. The lowest BCUT2D eigenvalue weighted by atomic mass is 10.0. The average Bonchev–Trinajstić information content (AvgIpc) is 2.92. The van der Waals surface area contributed by atoms with Crippen LogP contribution in [0.25, 0.3) is 10.8 Å². The number of fused-ring (bicyclic) bond motifs is 1. The van der Waals surface area contributed by atoms with Gasteiger partial charge in [-0.15, -0.1) is 0 Å². The number of unbranched alkanes of at least 4 members (excludes halogenated alkanes) is 4. The summed E-state index contributed by atoms with van der Waals surface area (Å²) in [6, 6.07) is 25.9. The minimum Gasteiger partial charge on any atom is -0.205 e. The Labute approximate surface area is 215 Å². The first-order valence-corrected chi connectivity index (χ1v) is 13.1. The van der Waals surface area contributed by atoms with E-state index in [1.54, 1.807) is 12.1 Å². The lowest BCUT2D eigenvalue weighted by Gasteiger charge is -2.03. The molecule has 0 heterocycles. The van der Waals surface area contributed by atoms with Gasteiger partial charge in [0.25, 0.3) is 0 Å². The van der Waals surface area contributed by atoms with Crippen molar-refractivity contribution in [3.05, 3.63) is 118 Å². The molecule has 4 rings (SSSR count). The fourth-order valence-corrected chi connectivity index (χ4v) is 4.26. The maximum absolute atomic E-state index is 15.2. The third-order valence-corrected chi connectivity index (χ3v) is 6.53. The molecule has 0 atom stereocenters. The molecule has 4 aromatic rings. The predicted molar refractivity (Wildman–Crippen MR) is 151 cm³/mol. The van der Waals surface area contributed by atoms with Gasteiger partial charge in [0.15, 0.2) is 0 Å². The first-order valence-electron chi connectivity index (χ1n) is 13.1. The van der Waals surface area contributed by atoms with Gasteiger partial charge in [0.1, 0.15) is 5.82 Å². The molecule has 0 aliphatic heterocycles. The van der Waals surface area contributed by atoms with Gasteiger partial charge in [-0.1, -0.05) is 99.6 Å². The van der Waals surface area contributed by atoms with Crippen LogP contribution in [0.5, 0.6) is 0 Å². The van der Waals surface area contributed by atoms with Crippen LogP contribution in [0.2, 0.25) is 0 Å². The highest BCUT2D eigenvalue weighted by atomic mass is 19.1. The van der Waals surface area contributed by atoms with Gasteiger partial charge < -0.3 is 0 Å². The van der Waals surface area contributed by atoms with Crippen molar-refractivity contribution in [3.8, 4) is 23.7 Å². The molecule has 0 saturated heterocycles. The minimum atomic E-state index is -0.279. The van der Waals surface area contributed by atoms with Gasteiger partial charge in [-0.25, -0.2) is 4.39 Å². The van der Waals surface area contributed by atoms with Crippen LogP contribution < -0.4 is 0 Å². The van der Waals surface area contributed by atoms with Gasteiger partial charge in [0.05, 0.1) is 5.56 Å². The van der Waals surface area contributed by atoms with Gasteiger partial charge in [-0.2, -0.15) is 0 Å². The van der Waals surface area contributed by atoms with Crippen molar-refractivity contribution in [2.75, 3.05) is 0 Å². The van der Waals surface area contributed by atoms with Crippen LogP contribution in [0.1, 0.15) is 79.3 Å². The molecule has 0 spiro atoms. The molecule has 180 valence electrons. The summed E-state index contributed by atoms with van der Waals surface area (Å²) in [5.74, 6) is 12.3. The second-order valence-electron chi connectivity index (χ2n) is 9.27. The van der Waals surface area contributed by atoms with E-state index in [0.29, 0.717) is 10.9 Å².